The van der Waals surface area contributed by atoms with Crippen LogP contribution in [0.3, 0.4) is 0 Å². The lowest BCUT2D eigenvalue weighted by molar-refractivity contribution is -0.155. The van der Waals surface area contributed by atoms with Crippen LogP contribution in [0.5, 0.6) is 11.5 Å². The van der Waals surface area contributed by atoms with E-state index < -0.39 is 23.2 Å². The normalized spacial score (nSPS) is 12.1. The van der Waals surface area contributed by atoms with E-state index in [1.54, 1.807) is 25.1 Å². The third kappa shape index (κ3) is 6.41. The molecule has 0 atom stereocenters. The Balaban J connectivity index is 1.55. The fraction of sp³-hybridized carbons (Fsp3) is 0.385. The van der Waals surface area contributed by atoms with Crippen molar-refractivity contribution in [3.8, 4) is 33.3 Å². The SMILES string of the molecule is COc1cc(-c2nn3c(-c4cnc(N)c(C(F)(F)F)c4)c(C)nc3s2)ccc1OCCCC(=O)OC(C)(C)C. The number of rotatable bonds is 8. The van der Waals surface area contributed by atoms with Crippen LogP contribution in [0.4, 0.5) is 19.0 Å². The van der Waals surface area contributed by atoms with Gasteiger partial charge in [0.25, 0.3) is 0 Å². The second kappa shape index (κ2) is 10.7. The molecule has 0 bridgehead atoms. The first-order chi connectivity index (χ1) is 18.3. The van der Waals surface area contributed by atoms with Crippen molar-refractivity contribution in [3.63, 3.8) is 0 Å². The molecule has 4 aromatic rings. The number of hydrogen-bond donors (Lipinski definition) is 1. The smallest absolute Gasteiger partial charge is 0.419 e. The summed E-state index contributed by atoms with van der Waals surface area (Å²) in [7, 11) is 1.51. The molecule has 2 N–H and O–H groups in total. The Labute approximate surface area is 226 Å². The van der Waals surface area contributed by atoms with E-state index in [9.17, 15) is 18.0 Å². The van der Waals surface area contributed by atoms with Gasteiger partial charge in [0, 0.05) is 23.7 Å². The van der Waals surface area contributed by atoms with Gasteiger partial charge in [-0.2, -0.15) is 18.3 Å². The molecule has 0 spiro atoms. The van der Waals surface area contributed by atoms with Crippen LogP contribution >= 0.6 is 11.3 Å². The first kappa shape index (κ1) is 28.1. The van der Waals surface area contributed by atoms with Crippen LogP contribution in [-0.2, 0) is 15.7 Å². The molecule has 13 heteroatoms. The number of aromatic nitrogens is 4. The summed E-state index contributed by atoms with van der Waals surface area (Å²) in [6, 6.07) is 6.23. The number of carbonyl (C=O) groups is 1. The van der Waals surface area contributed by atoms with Crippen LogP contribution in [-0.4, -0.2) is 44.9 Å². The number of methoxy groups -OCH3 is 1. The third-order valence-corrected chi connectivity index (χ3v) is 6.45. The molecule has 208 valence electrons. The molecule has 0 aliphatic heterocycles. The Hall–Kier alpha value is -3.87. The quantitative estimate of drug-likeness (QED) is 0.207. The number of pyridine rings is 1. The molecule has 0 fully saturated rings. The predicted molar refractivity (Wildman–Crippen MR) is 141 cm³/mol. The Morgan fingerprint density at radius 2 is 1.87 bits per heavy atom. The summed E-state index contributed by atoms with van der Waals surface area (Å²) in [5.41, 5.74) is 5.71. The monoisotopic (exact) mass is 563 g/mol. The lowest BCUT2D eigenvalue weighted by Crippen LogP contribution is -2.23. The van der Waals surface area contributed by atoms with Crippen molar-refractivity contribution in [3.05, 3.63) is 41.7 Å². The number of nitrogen functional groups attached to an aromatic ring is 1. The molecule has 0 unspecified atom stereocenters. The summed E-state index contributed by atoms with van der Waals surface area (Å²) in [4.78, 5) is 20.6. The molecule has 0 amide bonds. The largest absolute Gasteiger partial charge is 0.493 e. The van der Waals surface area contributed by atoms with E-state index in [0.717, 1.165) is 6.07 Å². The number of alkyl halides is 3. The Morgan fingerprint density at radius 1 is 1.13 bits per heavy atom. The zero-order chi connectivity index (χ0) is 28.5. The summed E-state index contributed by atoms with van der Waals surface area (Å²) < 4.78 is 58.3. The zero-order valence-electron chi connectivity index (χ0n) is 22.0. The van der Waals surface area contributed by atoms with Crippen LogP contribution in [0, 0.1) is 6.92 Å². The van der Waals surface area contributed by atoms with Gasteiger partial charge < -0.3 is 19.9 Å². The molecular formula is C26H28F3N5O4S. The van der Waals surface area contributed by atoms with E-state index in [4.69, 9.17) is 19.9 Å². The molecule has 0 aliphatic carbocycles. The number of nitrogens with two attached hydrogens (primary N) is 1. The summed E-state index contributed by atoms with van der Waals surface area (Å²) in [5, 5.41) is 5.18. The van der Waals surface area contributed by atoms with E-state index in [1.165, 1.54) is 29.2 Å². The van der Waals surface area contributed by atoms with Crippen molar-refractivity contribution in [2.45, 2.75) is 52.3 Å². The third-order valence-electron chi connectivity index (χ3n) is 5.49. The van der Waals surface area contributed by atoms with Gasteiger partial charge in [-0.3, -0.25) is 4.79 Å². The average molecular weight is 564 g/mol. The first-order valence-corrected chi connectivity index (χ1v) is 12.8. The maximum atomic E-state index is 13.4. The number of esters is 1. The van der Waals surface area contributed by atoms with Crippen molar-refractivity contribution in [1.29, 1.82) is 0 Å². The molecule has 4 rings (SSSR count). The van der Waals surface area contributed by atoms with Crippen LogP contribution in [0.1, 0.15) is 44.9 Å². The Morgan fingerprint density at radius 3 is 2.54 bits per heavy atom. The number of aryl methyl sites for hydroxylation is 1. The molecular weight excluding hydrogens is 535 g/mol. The van der Waals surface area contributed by atoms with Crippen molar-refractivity contribution < 1.29 is 32.2 Å². The highest BCUT2D eigenvalue weighted by molar-refractivity contribution is 7.19. The fourth-order valence-corrected chi connectivity index (χ4v) is 4.78. The standard InChI is InChI=1S/C26H28F3N5O4S/c1-14-21(16-11-17(26(27,28)29)22(30)31-13-16)34-24(32-14)39-23(33-34)15-8-9-18(19(12-15)36-5)37-10-6-7-20(35)38-25(2,3)4/h8-9,11-13H,6-7,10H2,1-5H3,(H2,30,31). The van der Waals surface area contributed by atoms with E-state index in [2.05, 4.69) is 15.1 Å². The summed E-state index contributed by atoms with van der Waals surface area (Å²) in [5.74, 6) is 0.0755. The molecule has 9 nitrogen and oxygen atoms in total. The van der Waals surface area contributed by atoms with E-state index in [0.29, 0.717) is 44.8 Å². The van der Waals surface area contributed by atoms with Gasteiger partial charge in [0.1, 0.15) is 16.4 Å². The Bertz CT molecular complexity index is 1510. The second-order valence-corrected chi connectivity index (χ2v) is 10.7. The van der Waals surface area contributed by atoms with E-state index in [1.807, 2.05) is 20.8 Å². The molecule has 0 saturated heterocycles. The molecule has 0 aliphatic rings. The number of anilines is 1. The number of halogens is 3. The van der Waals surface area contributed by atoms with Crippen molar-refractivity contribution in [2.75, 3.05) is 19.5 Å². The van der Waals surface area contributed by atoms with Gasteiger partial charge in [0.15, 0.2) is 11.5 Å². The van der Waals surface area contributed by atoms with E-state index in [-0.39, 0.29) is 24.6 Å². The number of fused-ring (bicyclic) bond motifs is 1. The second-order valence-electron chi connectivity index (χ2n) is 9.71. The van der Waals surface area contributed by atoms with Crippen molar-refractivity contribution >= 4 is 28.1 Å². The summed E-state index contributed by atoms with van der Waals surface area (Å²) in [6.45, 7) is 7.42. The van der Waals surface area contributed by atoms with E-state index >= 15 is 0 Å². The highest BCUT2D eigenvalue weighted by Gasteiger charge is 2.34. The molecule has 39 heavy (non-hydrogen) atoms. The van der Waals surface area contributed by atoms with Gasteiger partial charge in [-0.15, -0.1) is 0 Å². The maximum absolute atomic E-state index is 13.4. The number of imidazole rings is 1. The van der Waals surface area contributed by atoms with Crippen LogP contribution in [0.2, 0.25) is 0 Å². The van der Waals surface area contributed by atoms with Crippen LogP contribution < -0.4 is 15.2 Å². The number of ether oxygens (including phenoxy) is 3. The van der Waals surface area contributed by atoms with Crippen LogP contribution in [0.25, 0.3) is 26.8 Å². The molecule has 3 heterocycles. The fourth-order valence-electron chi connectivity index (χ4n) is 3.84. The van der Waals surface area contributed by atoms with Crippen molar-refractivity contribution in [1.82, 2.24) is 19.6 Å². The van der Waals surface area contributed by atoms with Crippen LogP contribution in [0.15, 0.2) is 30.5 Å². The highest BCUT2D eigenvalue weighted by atomic mass is 32.1. The summed E-state index contributed by atoms with van der Waals surface area (Å²) in [6.07, 6.45) is -2.67. The zero-order valence-corrected chi connectivity index (χ0v) is 22.9. The van der Waals surface area contributed by atoms with Crippen molar-refractivity contribution in [2.24, 2.45) is 0 Å². The minimum absolute atomic E-state index is 0.200. The minimum atomic E-state index is -4.64. The Kier molecular flexibility index (Phi) is 7.73. The summed E-state index contributed by atoms with van der Waals surface area (Å²) >= 11 is 1.27. The van der Waals surface area contributed by atoms with Gasteiger partial charge in [0.2, 0.25) is 4.96 Å². The number of benzene rings is 1. The molecule has 3 aromatic heterocycles. The first-order valence-electron chi connectivity index (χ1n) is 12.0. The van der Waals surface area contributed by atoms with Gasteiger partial charge in [-0.1, -0.05) is 11.3 Å². The molecule has 0 saturated carbocycles. The highest BCUT2D eigenvalue weighted by Crippen LogP contribution is 2.38. The lowest BCUT2D eigenvalue weighted by atomic mass is 10.1. The molecule has 0 radical (unpaired) electrons. The maximum Gasteiger partial charge on any atom is 0.419 e. The lowest BCUT2D eigenvalue weighted by Gasteiger charge is -2.19. The molecule has 1 aromatic carbocycles. The minimum Gasteiger partial charge on any atom is -0.493 e. The van der Waals surface area contributed by atoms with Gasteiger partial charge in [-0.25, -0.2) is 14.5 Å². The number of hydrogen-bond acceptors (Lipinski definition) is 9. The average Bonchev–Trinajstić information content (AvgIpc) is 3.37. The predicted octanol–water partition coefficient (Wildman–Crippen LogP) is 5.94. The number of nitrogens with zero attached hydrogens (tertiary/aromatic N) is 4. The topological polar surface area (TPSA) is 114 Å². The van der Waals surface area contributed by atoms with Gasteiger partial charge in [0.05, 0.1) is 30.7 Å². The van der Waals surface area contributed by atoms with Gasteiger partial charge in [-0.05, 0) is 58.4 Å². The number of carbonyl (C=O) groups excluding carboxylic acids is 1. The van der Waals surface area contributed by atoms with Gasteiger partial charge >= 0.3 is 12.1 Å².